The van der Waals surface area contributed by atoms with E-state index in [1.807, 2.05) is 30.3 Å². The number of benzene rings is 2. The number of carbonyl (C=O) groups excluding carboxylic acids is 1. The Labute approximate surface area is 241 Å². The average Bonchev–Trinajstić information content (AvgIpc) is 3.31. The maximum atomic E-state index is 13.5. The number of hydrogen-bond donors (Lipinski definition) is 1. The van der Waals surface area contributed by atoms with Gasteiger partial charge in [-0.05, 0) is 77.7 Å². The summed E-state index contributed by atoms with van der Waals surface area (Å²) in [6.07, 6.45) is 7.52. The zero-order chi connectivity index (χ0) is 28.3. The van der Waals surface area contributed by atoms with Gasteiger partial charge in [0.1, 0.15) is 5.00 Å². The van der Waals surface area contributed by atoms with Crippen molar-refractivity contribution in [3.8, 4) is 0 Å². The Morgan fingerprint density at radius 1 is 1.15 bits per heavy atom. The summed E-state index contributed by atoms with van der Waals surface area (Å²) < 4.78 is 0. The molecular formula is C30H29N5O3S2. The topological polar surface area (TPSA) is 110 Å². The molecule has 0 radical (unpaired) electrons. The minimum Gasteiger partial charge on any atom is -0.322 e. The van der Waals surface area contributed by atoms with Crippen LogP contribution in [0.5, 0.6) is 0 Å². The van der Waals surface area contributed by atoms with E-state index in [1.54, 1.807) is 48.1 Å². The first kappa shape index (κ1) is 27.7. The zero-order valence-electron chi connectivity index (χ0n) is 22.5. The second kappa shape index (κ2) is 11.7. The molecule has 1 atom stereocenters. The van der Waals surface area contributed by atoms with Gasteiger partial charge in [0.2, 0.25) is 0 Å². The van der Waals surface area contributed by atoms with Gasteiger partial charge >= 0.3 is 0 Å². The Hall–Kier alpha value is -3.89. The molecule has 0 spiro atoms. The van der Waals surface area contributed by atoms with Crippen molar-refractivity contribution in [3.05, 3.63) is 98.7 Å². The molecule has 0 bridgehead atoms. The molecule has 10 heteroatoms. The molecule has 5 rings (SSSR count). The van der Waals surface area contributed by atoms with E-state index in [4.69, 9.17) is 4.99 Å². The molecule has 0 unspecified atom stereocenters. The third kappa shape index (κ3) is 6.29. The lowest BCUT2D eigenvalue weighted by Crippen LogP contribution is -2.27. The van der Waals surface area contributed by atoms with Gasteiger partial charge in [-0.1, -0.05) is 45.0 Å². The van der Waals surface area contributed by atoms with Gasteiger partial charge in [0.25, 0.3) is 11.6 Å². The standard InChI is InChI=1S/C30H29N5O3S2/c1-30(2,3)20-11-12-22-25(17-20)39-28(26(22)27(36)34-21-8-5-4-6-9-21)33-18-19-10-13-24(23(16-19)35(37)38)40-29-31-14-7-15-32-29/h4-10,13-16,18,20H,11-12,17H2,1-3H3,(H,34,36)/t20-/m1/s1. The van der Waals surface area contributed by atoms with E-state index in [-0.39, 0.29) is 17.0 Å². The molecule has 0 aliphatic heterocycles. The summed E-state index contributed by atoms with van der Waals surface area (Å²) in [6.45, 7) is 6.78. The van der Waals surface area contributed by atoms with Crippen LogP contribution in [0.25, 0.3) is 0 Å². The fourth-order valence-corrected chi connectivity index (χ4v) is 6.83. The number of aromatic nitrogens is 2. The highest BCUT2D eigenvalue weighted by molar-refractivity contribution is 7.99. The third-order valence-electron chi connectivity index (χ3n) is 6.98. The fourth-order valence-electron chi connectivity index (χ4n) is 4.76. The van der Waals surface area contributed by atoms with Crippen LogP contribution in [0.1, 0.15) is 53.6 Å². The van der Waals surface area contributed by atoms with Crippen molar-refractivity contribution in [3.63, 3.8) is 0 Å². The van der Waals surface area contributed by atoms with Crippen LogP contribution < -0.4 is 5.32 Å². The van der Waals surface area contributed by atoms with Crippen LogP contribution in [0.4, 0.5) is 16.4 Å². The van der Waals surface area contributed by atoms with Crippen molar-refractivity contribution >= 4 is 51.6 Å². The van der Waals surface area contributed by atoms with E-state index in [9.17, 15) is 14.9 Å². The van der Waals surface area contributed by atoms with Gasteiger partial charge in [-0.3, -0.25) is 14.9 Å². The number of nitro groups is 1. The lowest BCUT2D eigenvalue weighted by atomic mass is 9.72. The number of anilines is 1. The number of aliphatic imine (C=N–C) groups is 1. The highest BCUT2D eigenvalue weighted by Crippen LogP contribution is 2.45. The van der Waals surface area contributed by atoms with Gasteiger partial charge in [0.05, 0.1) is 15.4 Å². The fraction of sp³-hybridized carbons (Fsp3) is 0.267. The Bertz CT molecular complexity index is 1560. The van der Waals surface area contributed by atoms with Crippen LogP contribution >= 0.6 is 23.1 Å². The van der Waals surface area contributed by atoms with E-state index < -0.39 is 4.92 Å². The van der Waals surface area contributed by atoms with Gasteiger partial charge < -0.3 is 5.32 Å². The predicted molar refractivity (Wildman–Crippen MR) is 160 cm³/mol. The summed E-state index contributed by atoms with van der Waals surface area (Å²) in [5.41, 5.74) is 3.06. The maximum absolute atomic E-state index is 13.5. The molecule has 1 N–H and O–H groups in total. The number of nitrogens with zero attached hydrogens (tertiary/aromatic N) is 4. The van der Waals surface area contributed by atoms with E-state index in [0.717, 1.165) is 42.3 Å². The number of hydrogen-bond acceptors (Lipinski definition) is 8. The Morgan fingerprint density at radius 2 is 1.90 bits per heavy atom. The molecule has 2 heterocycles. The maximum Gasteiger partial charge on any atom is 0.283 e. The summed E-state index contributed by atoms with van der Waals surface area (Å²) in [5.74, 6) is 0.326. The molecule has 1 amide bonds. The lowest BCUT2D eigenvalue weighted by Gasteiger charge is -2.33. The molecule has 2 aromatic heterocycles. The van der Waals surface area contributed by atoms with Gasteiger partial charge in [-0.2, -0.15) is 0 Å². The summed E-state index contributed by atoms with van der Waals surface area (Å²) in [4.78, 5) is 39.6. The third-order valence-corrected chi connectivity index (χ3v) is 9.10. The molecule has 0 saturated carbocycles. The second-order valence-electron chi connectivity index (χ2n) is 10.7. The van der Waals surface area contributed by atoms with Crippen molar-refractivity contribution in [1.82, 2.24) is 9.97 Å². The lowest BCUT2D eigenvalue weighted by molar-refractivity contribution is -0.387. The van der Waals surface area contributed by atoms with Crippen molar-refractivity contribution in [2.24, 2.45) is 16.3 Å². The van der Waals surface area contributed by atoms with Gasteiger partial charge in [-0.15, -0.1) is 11.3 Å². The number of para-hydroxylation sites is 1. The summed E-state index contributed by atoms with van der Waals surface area (Å²) in [5, 5.41) is 15.9. The van der Waals surface area contributed by atoms with E-state index in [1.165, 1.54) is 10.9 Å². The predicted octanol–water partition coefficient (Wildman–Crippen LogP) is 7.75. The molecule has 1 aliphatic carbocycles. The van der Waals surface area contributed by atoms with E-state index in [2.05, 4.69) is 36.1 Å². The number of thiophene rings is 1. The molecule has 8 nitrogen and oxygen atoms in total. The second-order valence-corrected chi connectivity index (χ2v) is 12.8. The van der Waals surface area contributed by atoms with Gasteiger partial charge in [0, 0.05) is 35.2 Å². The summed E-state index contributed by atoms with van der Waals surface area (Å²) in [7, 11) is 0. The number of nitro benzene ring substituents is 1. The number of amides is 1. The Kier molecular flexibility index (Phi) is 8.09. The monoisotopic (exact) mass is 571 g/mol. The molecule has 0 fully saturated rings. The normalized spacial score (nSPS) is 15.1. The summed E-state index contributed by atoms with van der Waals surface area (Å²) >= 11 is 2.68. The quantitative estimate of drug-likeness (QED) is 0.105. The smallest absolute Gasteiger partial charge is 0.283 e. The molecule has 2 aromatic carbocycles. The Balaban J connectivity index is 1.48. The minimum atomic E-state index is -0.419. The SMILES string of the molecule is CC(C)(C)[C@@H]1CCc2c(sc(N=Cc3ccc(Sc4ncccn4)c([N+](=O)[O-])c3)c2C(=O)Nc2ccccc2)C1. The highest BCUT2D eigenvalue weighted by Gasteiger charge is 2.33. The average molecular weight is 572 g/mol. The summed E-state index contributed by atoms with van der Waals surface area (Å²) in [6, 6.07) is 16.0. The first-order valence-corrected chi connectivity index (χ1v) is 14.6. The van der Waals surface area contributed by atoms with Crippen LogP contribution in [0.3, 0.4) is 0 Å². The van der Waals surface area contributed by atoms with Gasteiger partial charge in [-0.25, -0.2) is 15.0 Å². The Morgan fingerprint density at radius 3 is 2.60 bits per heavy atom. The van der Waals surface area contributed by atoms with Crippen molar-refractivity contribution in [1.29, 1.82) is 0 Å². The van der Waals surface area contributed by atoms with Crippen LogP contribution in [-0.4, -0.2) is 27.0 Å². The van der Waals surface area contributed by atoms with Crippen LogP contribution in [0, 0.1) is 21.4 Å². The van der Waals surface area contributed by atoms with Gasteiger partial charge in [0.15, 0.2) is 5.16 Å². The number of nitrogens with one attached hydrogen (secondary N) is 1. The molecule has 1 aliphatic rings. The highest BCUT2D eigenvalue weighted by atomic mass is 32.2. The largest absolute Gasteiger partial charge is 0.322 e. The van der Waals surface area contributed by atoms with Crippen LogP contribution in [0.15, 0.2) is 82.0 Å². The van der Waals surface area contributed by atoms with E-state index >= 15 is 0 Å². The zero-order valence-corrected chi connectivity index (χ0v) is 24.1. The first-order valence-electron chi connectivity index (χ1n) is 13.0. The number of carbonyl (C=O) groups is 1. The molecule has 0 saturated heterocycles. The van der Waals surface area contributed by atoms with Crippen molar-refractivity contribution in [2.45, 2.75) is 50.1 Å². The number of fused-ring (bicyclic) bond motifs is 1. The molecule has 4 aromatic rings. The molecule has 204 valence electrons. The van der Waals surface area contributed by atoms with Crippen molar-refractivity contribution in [2.75, 3.05) is 5.32 Å². The van der Waals surface area contributed by atoms with Crippen LogP contribution in [0.2, 0.25) is 0 Å². The van der Waals surface area contributed by atoms with Crippen LogP contribution in [-0.2, 0) is 12.8 Å². The number of rotatable bonds is 7. The minimum absolute atomic E-state index is 0.0538. The van der Waals surface area contributed by atoms with E-state index in [0.29, 0.717) is 32.1 Å². The molecular weight excluding hydrogens is 542 g/mol. The molecule has 40 heavy (non-hydrogen) atoms. The van der Waals surface area contributed by atoms with Crippen molar-refractivity contribution < 1.29 is 9.72 Å². The first-order chi connectivity index (χ1) is 19.2.